The Balaban J connectivity index is 2.22. The van der Waals surface area contributed by atoms with E-state index in [9.17, 15) is 0 Å². The number of para-hydroxylation sites is 1. The van der Waals surface area contributed by atoms with Crippen molar-refractivity contribution in [1.82, 2.24) is 19.7 Å². The standard InChI is InChI=1S/C16H17N5/c1-11(2)14-15(12-8-18-10-19-9-12)20-21(16(14)17)13-6-4-3-5-7-13/h3-11H,17H2,1-2H3. The van der Waals surface area contributed by atoms with Gasteiger partial charge in [0.25, 0.3) is 0 Å². The molecule has 5 heteroatoms. The summed E-state index contributed by atoms with van der Waals surface area (Å²) in [5, 5.41) is 4.68. The Morgan fingerprint density at radius 1 is 1.05 bits per heavy atom. The number of benzene rings is 1. The van der Waals surface area contributed by atoms with Crippen LogP contribution in [0.25, 0.3) is 16.9 Å². The summed E-state index contributed by atoms with van der Waals surface area (Å²) < 4.78 is 1.78. The van der Waals surface area contributed by atoms with Crippen LogP contribution in [0.3, 0.4) is 0 Å². The van der Waals surface area contributed by atoms with Crippen molar-refractivity contribution in [2.75, 3.05) is 5.73 Å². The molecule has 0 aliphatic carbocycles. The van der Waals surface area contributed by atoms with E-state index in [1.807, 2.05) is 30.3 Å². The molecule has 3 rings (SSSR count). The lowest BCUT2D eigenvalue weighted by atomic mass is 10.0. The lowest BCUT2D eigenvalue weighted by molar-refractivity contribution is 0.867. The minimum Gasteiger partial charge on any atom is -0.383 e. The third-order valence-electron chi connectivity index (χ3n) is 3.37. The topological polar surface area (TPSA) is 69.6 Å². The molecule has 0 radical (unpaired) electrons. The third kappa shape index (κ3) is 2.38. The van der Waals surface area contributed by atoms with Crippen LogP contribution in [0.4, 0.5) is 5.82 Å². The van der Waals surface area contributed by atoms with E-state index in [0.717, 1.165) is 22.5 Å². The molecule has 2 aromatic heterocycles. The normalized spacial score (nSPS) is 11.0. The predicted octanol–water partition coefficient (Wildman–Crippen LogP) is 3.03. The lowest BCUT2D eigenvalue weighted by Crippen LogP contribution is -2.03. The summed E-state index contributed by atoms with van der Waals surface area (Å²) >= 11 is 0. The van der Waals surface area contributed by atoms with Gasteiger partial charge in [-0.1, -0.05) is 32.0 Å². The summed E-state index contributed by atoms with van der Waals surface area (Å²) in [7, 11) is 0. The molecule has 3 aromatic rings. The molecule has 2 heterocycles. The van der Waals surface area contributed by atoms with Crippen molar-refractivity contribution in [2.45, 2.75) is 19.8 Å². The number of rotatable bonds is 3. The number of anilines is 1. The molecule has 0 amide bonds. The second-order valence-corrected chi connectivity index (χ2v) is 5.18. The number of nitrogens with zero attached hydrogens (tertiary/aromatic N) is 4. The van der Waals surface area contributed by atoms with E-state index in [1.54, 1.807) is 17.1 Å². The van der Waals surface area contributed by atoms with Crippen LogP contribution in [0.1, 0.15) is 25.3 Å². The second kappa shape index (κ2) is 5.36. The SMILES string of the molecule is CC(C)c1c(-c2cncnc2)nn(-c2ccccc2)c1N. The van der Waals surface area contributed by atoms with E-state index < -0.39 is 0 Å². The molecule has 0 saturated heterocycles. The highest BCUT2D eigenvalue weighted by Crippen LogP contribution is 2.33. The van der Waals surface area contributed by atoms with Gasteiger partial charge in [0.05, 0.1) is 5.69 Å². The van der Waals surface area contributed by atoms with Crippen LogP contribution in [-0.2, 0) is 0 Å². The second-order valence-electron chi connectivity index (χ2n) is 5.18. The quantitative estimate of drug-likeness (QED) is 0.800. The first-order valence-corrected chi connectivity index (χ1v) is 6.87. The Morgan fingerprint density at radius 3 is 2.33 bits per heavy atom. The first-order valence-electron chi connectivity index (χ1n) is 6.87. The van der Waals surface area contributed by atoms with Gasteiger partial charge >= 0.3 is 0 Å². The molecule has 0 bridgehead atoms. The molecule has 0 unspecified atom stereocenters. The third-order valence-corrected chi connectivity index (χ3v) is 3.37. The Hall–Kier alpha value is -2.69. The van der Waals surface area contributed by atoms with Gasteiger partial charge in [-0.15, -0.1) is 0 Å². The molecular formula is C16H17N5. The van der Waals surface area contributed by atoms with E-state index in [1.165, 1.54) is 6.33 Å². The van der Waals surface area contributed by atoms with Gasteiger partial charge < -0.3 is 5.73 Å². The predicted molar refractivity (Wildman–Crippen MR) is 83.1 cm³/mol. The Bertz CT molecular complexity index is 732. The molecule has 0 spiro atoms. The molecule has 106 valence electrons. The van der Waals surface area contributed by atoms with Gasteiger partial charge in [0, 0.05) is 23.5 Å². The monoisotopic (exact) mass is 279 g/mol. The Labute approximate surface area is 123 Å². The highest BCUT2D eigenvalue weighted by molar-refractivity contribution is 5.69. The molecule has 1 aromatic carbocycles. The van der Waals surface area contributed by atoms with E-state index in [4.69, 9.17) is 5.73 Å². The fourth-order valence-corrected chi connectivity index (χ4v) is 2.41. The van der Waals surface area contributed by atoms with Crippen molar-refractivity contribution in [3.05, 3.63) is 54.6 Å². The summed E-state index contributed by atoms with van der Waals surface area (Å²) in [6.07, 6.45) is 5.03. The fraction of sp³-hybridized carbons (Fsp3) is 0.188. The molecule has 0 saturated carbocycles. The van der Waals surface area contributed by atoms with Crippen LogP contribution in [0, 0.1) is 0 Å². The zero-order valence-electron chi connectivity index (χ0n) is 12.1. The van der Waals surface area contributed by atoms with E-state index >= 15 is 0 Å². The summed E-state index contributed by atoms with van der Waals surface area (Å²) in [6, 6.07) is 9.88. The van der Waals surface area contributed by atoms with E-state index in [0.29, 0.717) is 5.82 Å². The minimum atomic E-state index is 0.262. The molecule has 0 fully saturated rings. The summed E-state index contributed by atoms with van der Waals surface area (Å²) in [6.45, 7) is 4.21. The number of nitrogen functional groups attached to an aromatic ring is 1. The Morgan fingerprint density at radius 2 is 1.71 bits per heavy atom. The van der Waals surface area contributed by atoms with Crippen molar-refractivity contribution in [3.63, 3.8) is 0 Å². The van der Waals surface area contributed by atoms with Crippen LogP contribution >= 0.6 is 0 Å². The number of aromatic nitrogens is 4. The molecule has 2 N–H and O–H groups in total. The maximum atomic E-state index is 6.33. The average molecular weight is 279 g/mol. The first-order chi connectivity index (χ1) is 10.2. The van der Waals surface area contributed by atoms with Crippen LogP contribution in [0.5, 0.6) is 0 Å². The van der Waals surface area contributed by atoms with Crippen molar-refractivity contribution in [2.24, 2.45) is 0 Å². The largest absolute Gasteiger partial charge is 0.383 e. The smallest absolute Gasteiger partial charge is 0.131 e. The van der Waals surface area contributed by atoms with Crippen LogP contribution in [0.15, 0.2) is 49.1 Å². The van der Waals surface area contributed by atoms with Crippen LogP contribution in [0.2, 0.25) is 0 Å². The highest BCUT2D eigenvalue weighted by Gasteiger charge is 2.20. The zero-order valence-corrected chi connectivity index (χ0v) is 12.1. The lowest BCUT2D eigenvalue weighted by Gasteiger charge is -2.07. The summed E-state index contributed by atoms with van der Waals surface area (Å²) in [5.41, 5.74) is 10.0. The van der Waals surface area contributed by atoms with Crippen LogP contribution < -0.4 is 5.73 Å². The van der Waals surface area contributed by atoms with E-state index in [-0.39, 0.29) is 5.92 Å². The zero-order chi connectivity index (χ0) is 14.8. The van der Waals surface area contributed by atoms with Crippen LogP contribution in [-0.4, -0.2) is 19.7 Å². The number of hydrogen-bond acceptors (Lipinski definition) is 4. The van der Waals surface area contributed by atoms with Gasteiger partial charge in [-0.2, -0.15) is 5.10 Å². The minimum absolute atomic E-state index is 0.262. The molecule has 21 heavy (non-hydrogen) atoms. The van der Waals surface area contributed by atoms with Gasteiger partial charge in [-0.25, -0.2) is 14.6 Å². The maximum absolute atomic E-state index is 6.33. The maximum Gasteiger partial charge on any atom is 0.131 e. The van der Waals surface area contributed by atoms with Crippen molar-refractivity contribution < 1.29 is 0 Å². The number of nitrogens with two attached hydrogens (primary N) is 1. The van der Waals surface area contributed by atoms with E-state index in [2.05, 4.69) is 28.9 Å². The molecule has 5 nitrogen and oxygen atoms in total. The number of hydrogen-bond donors (Lipinski definition) is 1. The van der Waals surface area contributed by atoms with Gasteiger partial charge in [0.1, 0.15) is 17.8 Å². The summed E-state index contributed by atoms with van der Waals surface area (Å²) in [4.78, 5) is 8.14. The summed E-state index contributed by atoms with van der Waals surface area (Å²) in [5.74, 6) is 0.924. The molecule has 0 atom stereocenters. The first kappa shape index (κ1) is 13.3. The average Bonchev–Trinajstić information content (AvgIpc) is 2.87. The van der Waals surface area contributed by atoms with Crippen molar-refractivity contribution >= 4 is 5.82 Å². The van der Waals surface area contributed by atoms with Gasteiger partial charge in [-0.3, -0.25) is 0 Å². The molecule has 0 aliphatic rings. The van der Waals surface area contributed by atoms with Gasteiger partial charge in [0.15, 0.2) is 0 Å². The highest BCUT2D eigenvalue weighted by atomic mass is 15.3. The van der Waals surface area contributed by atoms with Gasteiger partial charge in [-0.05, 0) is 18.1 Å². The molecule has 0 aliphatic heterocycles. The Kier molecular flexibility index (Phi) is 3.39. The molecular weight excluding hydrogens is 262 g/mol. The van der Waals surface area contributed by atoms with Crippen molar-refractivity contribution in [1.29, 1.82) is 0 Å². The fourth-order valence-electron chi connectivity index (χ4n) is 2.41. The van der Waals surface area contributed by atoms with Crippen molar-refractivity contribution in [3.8, 4) is 16.9 Å². The van der Waals surface area contributed by atoms with Gasteiger partial charge in [0.2, 0.25) is 0 Å².